The first-order valence-corrected chi connectivity index (χ1v) is 12.1. The van der Waals surface area contributed by atoms with Gasteiger partial charge in [0.25, 0.3) is 0 Å². The first-order valence-electron chi connectivity index (χ1n) is 12.1. The smallest absolute Gasteiger partial charge is 0.240 e. The summed E-state index contributed by atoms with van der Waals surface area (Å²) in [5.41, 5.74) is 8.15. The summed E-state index contributed by atoms with van der Waals surface area (Å²) < 4.78 is 6.29. The average molecular weight is 413 g/mol. The van der Waals surface area contributed by atoms with Crippen molar-refractivity contribution < 1.29 is 4.42 Å². The van der Waals surface area contributed by atoms with Crippen molar-refractivity contribution in [3.8, 4) is 0 Å². The lowest BCUT2D eigenvalue weighted by molar-refractivity contribution is 0.332. The van der Waals surface area contributed by atoms with E-state index in [1.165, 1.54) is 59.6 Å². The number of unbranched alkanes of at least 4 members (excludes halogenated alkanes) is 1. The van der Waals surface area contributed by atoms with Crippen LogP contribution in [-0.4, -0.2) is 7.28 Å². The molecule has 0 saturated heterocycles. The van der Waals surface area contributed by atoms with Gasteiger partial charge in [0.15, 0.2) is 0 Å². The third-order valence-corrected chi connectivity index (χ3v) is 7.67. The molecule has 0 amide bonds. The third kappa shape index (κ3) is 4.36. The normalized spacial score (nSPS) is 17.5. The Labute approximate surface area is 189 Å². The predicted octanol–water partition coefficient (Wildman–Crippen LogP) is 6.90. The van der Waals surface area contributed by atoms with Gasteiger partial charge in [0, 0.05) is 5.39 Å². The quantitative estimate of drug-likeness (QED) is 0.401. The molecular formula is C29H38BO. The Morgan fingerprint density at radius 1 is 0.903 bits per heavy atom. The van der Waals surface area contributed by atoms with E-state index in [0.29, 0.717) is 0 Å². The van der Waals surface area contributed by atoms with E-state index in [1.807, 2.05) is 0 Å². The van der Waals surface area contributed by atoms with Gasteiger partial charge >= 0.3 is 0 Å². The summed E-state index contributed by atoms with van der Waals surface area (Å²) >= 11 is 0. The summed E-state index contributed by atoms with van der Waals surface area (Å²) in [5, 5.41) is 1.22. The molecule has 0 atom stereocenters. The number of rotatable bonds is 6. The molecule has 0 saturated carbocycles. The molecule has 2 aromatic carbocycles. The molecule has 0 bridgehead atoms. The highest BCUT2D eigenvalue weighted by Gasteiger charge is 2.37. The van der Waals surface area contributed by atoms with Crippen molar-refractivity contribution in [3.63, 3.8) is 0 Å². The van der Waals surface area contributed by atoms with Crippen LogP contribution in [-0.2, 0) is 16.2 Å². The van der Waals surface area contributed by atoms with Crippen LogP contribution in [0.2, 0.25) is 0 Å². The van der Waals surface area contributed by atoms with Crippen LogP contribution in [0, 0.1) is 0 Å². The molecule has 163 valence electrons. The lowest BCUT2D eigenvalue weighted by Crippen LogP contribution is -2.33. The summed E-state index contributed by atoms with van der Waals surface area (Å²) in [6.07, 6.45) is 6.21. The van der Waals surface area contributed by atoms with Gasteiger partial charge in [-0.3, -0.25) is 0 Å². The van der Waals surface area contributed by atoms with Gasteiger partial charge in [-0.25, -0.2) is 0 Å². The van der Waals surface area contributed by atoms with Gasteiger partial charge in [0.1, 0.15) is 5.58 Å². The second-order valence-electron chi connectivity index (χ2n) is 11.6. The van der Waals surface area contributed by atoms with E-state index >= 15 is 0 Å². The molecule has 0 spiro atoms. The lowest BCUT2D eigenvalue weighted by Gasteiger charge is -2.41. The van der Waals surface area contributed by atoms with Crippen LogP contribution in [0.1, 0.15) is 97.3 Å². The van der Waals surface area contributed by atoms with Gasteiger partial charge in [0.2, 0.25) is 7.28 Å². The van der Waals surface area contributed by atoms with Crippen LogP contribution in [0.5, 0.6) is 0 Å². The Hall–Kier alpha value is -1.96. The third-order valence-electron chi connectivity index (χ3n) is 7.67. The van der Waals surface area contributed by atoms with E-state index in [9.17, 15) is 0 Å². The molecule has 1 aromatic heterocycles. The molecule has 4 rings (SSSR count). The second-order valence-corrected chi connectivity index (χ2v) is 11.6. The zero-order valence-electron chi connectivity index (χ0n) is 20.6. The van der Waals surface area contributed by atoms with Crippen LogP contribution in [0.3, 0.4) is 0 Å². The molecule has 1 heterocycles. The highest BCUT2D eigenvalue weighted by molar-refractivity contribution is 6.66. The zero-order valence-corrected chi connectivity index (χ0v) is 20.6. The largest absolute Gasteiger partial charge is 0.472 e. The highest BCUT2D eigenvalue weighted by Crippen LogP contribution is 2.46. The number of hydrogen-bond acceptors (Lipinski definition) is 1. The molecule has 1 radical (unpaired) electrons. The molecule has 1 nitrogen and oxygen atoms in total. The monoisotopic (exact) mass is 413 g/mol. The van der Waals surface area contributed by atoms with Gasteiger partial charge in [-0.1, -0.05) is 91.0 Å². The maximum atomic E-state index is 6.29. The van der Waals surface area contributed by atoms with Gasteiger partial charge in [0.05, 0.1) is 5.66 Å². The first kappa shape index (κ1) is 22.2. The summed E-state index contributed by atoms with van der Waals surface area (Å²) in [6.45, 7) is 16.5. The van der Waals surface area contributed by atoms with E-state index in [4.69, 9.17) is 4.42 Å². The fourth-order valence-electron chi connectivity index (χ4n) is 5.15. The van der Waals surface area contributed by atoms with Crippen molar-refractivity contribution in [1.82, 2.24) is 0 Å². The molecular weight excluding hydrogens is 375 g/mol. The predicted molar refractivity (Wildman–Crippen MR) is 136 cm³/mol. The summed E-state index contributed by atoms with van der Waals surface area (Å²) in [6, 6.07) is 15.9. The fraction of sp³-hybridized carbons (Fsp3) is 0.517. The van der Waals surface area contributed by atoms with Crippen molar-refractivity contribution in [2.24, 2.45) is 0 Å². The summed E-state index contributed by atoms with van der Waals surface area (Å²) in [5.74, 6) is 0. The number of benzene rings is 2. The summed E-state index contributed by atoms with van der Waals surface area (Å²) in [4.78, 5) is 0. The Morgan fingerprint density at radius 2 is 1.52 bits per heavy atom. The molecule has 0 N–H and O–H groups in total. The Bertz CT molecular complexity index is 1010. The molecule has 0 unspecified atom stereocenters. The maximum absolute atomic E-state index is 6.29. The fourth-order valence-corrected chi connectivity index (χ4v) is 5.15. The van der Waals surface area contributed by atoms with Crippen molar-refractivity contribution in [1.29, 1.82) is 0 Å². The minimum atomic E-state index is 0.204. The topological polar surface area (TPSA) is 13.1 Å². The summed E-state index contributed by atoms with van der Waals surface area (Å²) in [7, 11) is 2.16. The van der Waals surface area contributed by atoms with Crippen molar-refractivity contribution in [2.75, 3.05) is 0 Å². The van der Waals surface area contributed by atoms with E-state index in [2.05, 4.69) is 98.2 Å². The number of fused-ring (bicyclic) bond motifs is 2. The first-order chi connectivity index (χ1) is 14.5. The second kappa shape index (κ2) is 7.87. The van der Waals surface area contributed by atoms with Crippen molar-refractivity contribution >= 4 is 29.4 Å². The Balaban J connectivity index is 1.60. The van der Waals surface area contributed by atoms with Crippen LogP contribution in [0.15, 0.2) is 46.9 Å². The maximum Gasteiger partial charge on any atom is 0.240 e. The standard InChI is InChI=1S/C29H38BO/c1-8-9-14-27(2,3)21-10-12-22(13-11-21)30-26-18-20-17-23-24(19-25(20)31-26)29(6,7)16-15-28(23,4)5/h10-13,17-19H,8-9,14-16H2,1-7H3. The minimum absolute atomic E-state index is 0.204. The van der Waals surface area contributed by atoms with Gasteiger partial charge in [-0.2, -0.15) is 0 Å². The number of hydrogen-bond donors (Lipinski definition) is 0. The molecule has 1 aliphatic carbocycles. The Kier molecular flexibility index (Phi) is 5.65. The van der Waals surface area contributed by atoms with Crippen LogP contribution in [0.4, 0.5) is 0 Å². The molecule has 31 heavy (non-hydrogen) atoms. The Morgan fingerprint density at radius 3 is 2.13 bits per heavy atom. The van der Waals surface area contributed by atoms with Crippen molar-refractivity contribution in [2.45, 2.75) is 96.8 Å². The molecule has 0 fully saturated rings. The highest BCUT2D eigenvalue weighted by atomic mass is 16.3. The lowest BCUT2D eigenvalue weighted by atomic mass is 9.63. The average Bonchev–Trinajstić information content (AvgIpc) is 3.11. The van der Waals surface area contributed by atoms with Crippen LogP contribution < -0.4 is 11.1 Å². The van der Waals surface area contributed by atoms with E-state index < -0.39 is 0 Å². The zero-order chi connectivity index (χ0) is 22.4. The number of furan rings is 1. The van der Waals surface area contributed by atoms with Gasteiger partial charge in [-0.15, -0.1) is 0 Å². The SMILES string of the molecule is CCCCC(C)(C)c1ccc([B]c2cc3cc4c(cc3o2)C(C)(C)CCC4(C)C)cc1. The van der Waals surface area contributed by atoms with Gasteiger partial charge in [-0.05, 0) is 70.4 Å². The van der Waals surface area contributed by atoms with E-state index in [1.54, 1.807) is 0 Å². The molecule has 2 heteroatoms. The molecule has 0 aliphatic heterocycles. The van der Waals surface area contributed by atoms with Gasteiger partial charge < -0.3 is 4.42 Å². The minimum Gasteiger partial charge on any atom is -0.472 e. The molecule has 3 aromatic rings. The van der Waals surface area contributed by atoms with Crippen molar-refractivity contribution in [3.05, 3.63) is 59.2 Å². The van der Waals surface area contributed by atoms with Crippen LogP contribution >= 0.6 is 0 Å². The van der Waals surface area contributed by atoms with E-state index in [0.717, 1.165) is 11.2 Å². The van der Waals surface area contributed by atoms with Crippen LogP contribution in [0.25, 0.3) is 11.0 Å². The van der Waals surface area contributed by atoms with E-state index in [-0.39, 0.29) is 16.2 Å². The molecule has 1 aliphatic rings.